The third-order valence-corrected chi connectivity index (χ3v) is 2.87. The fourth-order valence-corrected chi connectivity index (χ4v) is 2.04. The minimum atomic E-state index is -2.88. The van der Waals surface area contributed by atoms with Crippen molar-refractivity contribution in [2.24, 2.45) is 0 Å². The lowest BCUT2D eigenvalue weighted by atomic mass is 10.1. The Bertz CT molecular complexity index is 581. The zero-order valence-electron chi connectivity index (χ0n) is 10.7. The molecule has 0 atom stereocenters. The number of nitrogen functional groups attached to an aromatic ring is 1. The molecule has 0 bridgehead atoms. The zero-order valence-corrected chi connectivity index (χ0v) is 10.7. The first-order chi connectivity index (χ1) is 9.04. The van der Waals surface area contributed by atoms with Crippen molar-refractivity contribution >= 4 is 5.82 Å². The lowest BCUT2D eigenvalue weighted by Crippen LogP contribution is -2.04. The van der Waals surface area contributed by atoms with Gasteiger partial charge in [-0.25, -0.2) is 4.98 Å². The summed E-state index contributed by atoms with van der Waals surface area (Å²) in [5, 5.41) is 0. The van der Waals surface area contributed by atoms with E-state index in [1.807, 2.05) is 18.4 Å². The molecule has 0 unspecified atom stereocenters. The summed E-state index contributed by atoms with van der Waals surface area (Å²) in [6, 6.07) is 6.49. The van der Waals surface area contributed by atoms with Crippen LogP contribution in [0.1, 0.15) is 12.7 Å². The van der Waals surface area contributed by atoms with Crippen molar-refractivity contribution in [2.45, 2.75) is 27.0 Å². The SMILES string of the molecule is CCn1c(C)nc(-c2ccccc2OC(F)F)c1N. The van der Waals surface area contributed by atoms with E-state index in [4.69, 9.17) is 5.73 Å². The molecule has 6 heteroatoms. The van der Waals surface area contributed by atoms with Gasteiger partial charge in [-0.15, -0.1) is 0 Å². The lowest BCUT2D eigenvalue weighted by Gasteiger charge is -2.09. The van der Waals surface area contributed by atoms with E-state index < -0.39 is 6.61 Å². The van der Waals surface area contributed by atoms with Gasteiger partial charge in [-0.3, -0.25) is 0 Å². The van der Waals surface area contributed by atoms with E-state index in [0.29, 0.717) is 23.6 Å². The van der Waals surface area contributed by atoms with Crippen molar-refractivity contribution in [3.8, 4) is 17.0 Å². The number of halogens is 2. The van der Waals surface area contributed by atoms with E-state index in [-0.39, 0.29) is 5.75 Å². The van der Waals surface area contributed by atoms with E-state index in [2.05, 4.69) is 9.72 Å². The molecule has 0 radical (unpaired) electrons. The molecular formula is C13H15F2N3O. The first-order valence-corrected chi connectivity index (χ1v) is 5.91. The molecule has 102 valence electrons. The van der Waals surface area contributed by atoms with Gasteiger partial charge in [0.15, 0.2) is 0 Å². The second-order valence-corrected chi connectivity index (χ2v) is 4.01. The van der Waals surface area contributed by atoms with Crippen molar-refractivity contribution in [1.82, 2.24) is 9.55 Å². The number of imidazole rings is 1. The van der Waals surface area contributed by atoms with Crippen molar-refractivity contribution in [3.63, 3.8) is 0 Å². The number of aryl methyl sites for hydroxylation is 1. The summed E-state index contributed by atoms with van der Waals surface area (Å²) in [5.74, 6) is 1.26. The predicted molar refractivity (Wildman–Crippen MR) is 69.1 cm³/mol. The highest BCUT2D eigenvalue weighted by molar-refractivity contribution is 5.76. The third-order valence-electron chi connectivity index (χ3n) is 2.87. The maximum atomic E-state index is 12.4. The molecule has 0 amide bonds. The highest BCUT2D eigenvalue weighted by atomic mass is 19.3. The fraction of sp³-hybridized carbons (Fsp3) is 0.308. The Balaban J connectivity index is 2.53. The number of nitrogens with zero attached hydrogens (tertiary/aromatic N) is 2. The zero-order chi connectivity index (χ0) is 14.0. The average molecular weight is 267 g/mol. The van der Waals surface area contributed by atoms with E-state index in [1.165, 1.54) is 6.07 Å². The van der Waals surface area contributed by atoms with E-state index in [9.17, 15) is 8.78 Å². The Morgan fingerprint density at radius 3 is 2.63 bits per heavy atom. The van der Waals surface area contributed by atoms with Crippen LogP contribution in [0.2, 0.25) is 0 Å². The largest absolute Gasteiger partial charge is 0.434 e. The van der Waals surface area contributed by atoms with Crippen LogP contribution in [0, 0.1) is 6.92 Å². The quantitative estimate of drug-likeness (QED) is 0.926. The Labute approximate surface area is 109 Å². The predicted octanol–water partition coefficient (Wildman–Crippen LogP) is 3.06. The van der Waals surface area contributed by atoms with Crippen LogP contribution in [0.25, 0.3) is 11.3 Å². The van der Waals surface area contributed by atoms with Gasteiger partial charge in [-0.1, -0.05) is 12.1 Å². The Hall–Kier alpha value is -2.11. The van der Waals surface area contributed by atoms with Gasteiger partial charge < -0.3 is 15.0 Å². The molecule has 19 heavy (non-hydrogen) atoms. The summed E-state index contributed by atoms with van der Waals surface area (Å²) >= 11 is 0. The first kappa shape index (κ1) is 13.3. The van der Waals surface area contributed by atoms with E-state index in [0.717, 1.165) is 5.82 Å². The standard InChI is InChI=1S/C13H15F2N3O/c1-3-18-8(2)17-11(12(18)16)9-6-4-5-7-10(9)19-13(14)15/h4-7,13H,3,16H2,1-2H3. The van der Waals surface area contributed by atoms with Gasteiger partial charge in [-0.05, 0) is 26.0 Å². The van der Waals surface area contributed by atoms with Gasteiger partial charge >= 0.3 is 6.61 Å². The van der Waals surface area contributed by atoms with Crippen LogP contribution >= 0.6 is 0 Å². The summed E-state index contributed by atoms with van der Waals surface area (Å²) in [6.45, 7) is 1.55. The van der Waals surface area contributed by atoms with Crippen LogP contribution in [0.5, 0.6) is 5.75 Å². The molecule has 1 aromatic heterocycles. The molecule has 0 aliphatic rings. The summed E-state index contributed by atoms with van der Waals surface area (Å²) in [7, 11) is 0. The highest BCUT2D eigenvalue weighted by Crippen LogP contribution is 2.34. The number of hydrogen-bond acceptors (Lipinski definition) is 3. The van der Waals surface area contributed by atoms with E-state index >= 15 is 0 Å². The molecule has 1 heterocycles. The molecule has 0 fully saturated rings. The molecule has 2 N–H and O–H groups in total. The van der Waals surface area contributed by atoms with Gasteiger partial charge in [0.1, 0.15) is 23.1 Å². The first-order valence-electron chi connectivity index (χ1n) is 5.91. The topological polar surface area (TPSA) is 53.1 Å². The molecule has 2 aromatic rings. The van der Waals surface area contributed by atoms with Crippen LogP contribution in [-0.4, -0.2) is 16.2 Å². The molecular weight excluding hydrogens is 252 g/mol. The summed E-state index contributed by atoms with van der Waals surface area (Å²) < 4.78 is 31.1. The molecule has 1 aromatic carbocycles. The number of para-hydroxylation sites is 1. The van der Waals surface area contributed by atoms with E-state index in [1.54, 1.807) is 18.2 Å². The normalized spacial score (nSPS) is 11.0. The summed E-state index contributed by atoms with van der Waals surface area (Å²) in [5.41, 5.74) is 6.94. The number of alkyl halides is 2. The maximum absolute atomic E-state index is 12.4. The number of rotatable bonds is 4. The smallest absolute Gasteiger partial charge is 0.387 e. The molecule has 0 spiro atoms. The highest BCUT2D eigenvalue weighted by Gasteiger charge is 2.17. The van der Waals surface area contributed by atoms with Crippen LogP contribution < -0.4 is 10.5 Å². The van der Waals surface area contributed by atoms with Crippen molar-refractivity contribution < 1.29 is 13.5 Å². The molecule has 0 aliphatic carbocycles. The number of nitrogens with two attached hydrogens (primary N) is 1. The van der Waals surface area contributed by atoms with Crippen LogP contribution in [0.3, 0.4) is 0 Å². The van der Waals surface area contributed by atoms with Crippen molar-refractivity contribution in [1.29, 1.82) is 0 Å². The number of hydrogen-bond donors (Lipinski definition) is 1. The van der Waals surface area contributed by atoms with Gasteiger partial charge in [0.25, 0.3) is 0 Å². The maximum Gasteiger partial charge on any atom is 0.387 e. The molecule has 2 rings (SSSR count). The Morgan fingerprint density at radius 1 is 1.37 bits per heavy atom. The van der Waals surface area contributed by atoms with Gasteiger partial charge in [0.2, 0.25) is 0 Å². The lowest BCUT2D eigenvalue weighted by molar-refractivity contribution is -0.0494. The van der Waals surface area contributed by atoms with Crippen LogP contribution in [-0.2, 0) is 6.54 Å². The van der Waals surface area contributed by atoms with Gasteiger partial charge in [-0.2, -0.15) is 8.78 Å². The average Bonchev–Trinajstić information content (AvgIpc) is 2.64. The Kier molecular flexibility index (Phi) is 3.69. The van der Waals surface area contributed by atoms with Crippen molar-refractivity contribution in [3.05, 3.63) is 30.1 Å². The monoisotopic (exact) mass is 267 g/mol. The summed E-state index contributed by atoms with van der Waals surface area (Å²) in [6.07, 6.45) is 0. The molecule has 0 aliphatic heterocycles. The van der Waals surface area contributed by atoms with Gasteiger partial charge in [0.05, 0.1) is 0 Å². The molecule has 4 nitrogen and oxygen atoms in total. The second-order valence-electron chi connectivity index (χ2n) is 4.01. The molecule has 0 saturated heterocycles. The molecule has 0 saturated carbocycles. The third kappa shape index (κ3) is 2.52. The number of anilines is 1. The minimum absolute atomic E-state index is 0.0740. The Morgan fingerprint density at radius 2 is 2.05 bits per heavy atom. The fourth-order valence-electron chi connectivity index (χ4n) is 2.04. The van der Waals surface area contributed by atoms with Crippen LogP contribution in [0.15, 0.2) is 24.3 Å². The van der Waals surface area contributed by atoms with Gasteiger partial charge in [0, 0.05) is 12.1 Å². The van der Waals surface area contributed by atoms with Crippen LogP contribution in [0.4, 0.5) is 14.6 Å². The minimum Gasteiger partial charge on any atom is -0.434 e. The second kappa shape index (κ2) is 5.26. The van der Waals surface area contributed by atoms with Crippen molar-refractivity contribution in [2.75, 3.05) is 5.73 Å². The number of benzene rings is 1. The number of aromatic nitrogens is 2. The number of ether oxygens (including phenoxy) is 1. The summed E-state index contributed by atoms with van der Waals surface area (Å²) in [4.78, 5) is 4.33.